The molecule has 0 spiro atoms. The van der Waals surface area contributed by atoms with E-state index in [0.29, 0.717) is 0 Å². The van der Waals surface area contributed by atoms with Crippen molar-refractivity contribution in [3.63, 3.8) is 0 Å². The summed E-state index contributed by atoms with van der Waals surface area (Å²) in [4.78, 5) is 0. The van der Waals surface area contributed by atoms with Crippen molar-refractivity contribution in [3.05, 3.63) is 59.7 Å². The van der Waals surface area contributed by atoms with E-state index in [9.17, 15) is 13.9 Å². The first-order valence-corrected chi connectivity index (χ1v) is 6.54. The minimum atomic E-state index is -0.847. The van der Waals surface area contributed by atoms with Crippen LogP contribution in [0.3, 0.4) is 0 Å². The van der Waals surface area contributed by atoms with Gasteiger partial charge in [-0.2, -0.15) is 0 Å². The minimum Gasteiger partial charge on any atom is -0.508 e. The van der Waals surface area contributed by atoms with Crippen LogP contribution in [0.1, 0.15) is 18.9 Å². The summed E-state index contributed by atoms with van der Waals surface area (Å²) < 4.78 is 26.6. The van der Waals surface area contributed by atoms with Crippen LogP contribution in [0.15, 0.2) is 42.5 Å². The zero-order valence-corrected chi connectivity index (χ0v) is 11.2. The van der Waals surface area contributed by atoms with Crippen LogP contribution in [0.4, 0.5) is 14.5 Å². The molecule has 0 saturated carbocycles. The molecule has 0 aliphatic heterocycles. The molecule has 4 heteroatoms. The number of halogens is 2. The predicted molar refractivity (Wildman–Crippen MR) is 75.9 cm³/mol. The second-order valence-electron chi connectivity index (χ2n) is 4.85. The maximum Gasteiger partial charge on any atom is 0.181 e. The molecule has 1 unspecified atom stereocenters. The lowest BCUT2D eigenvalue weighted by molar-refractivity contribution is 0.475. The van der Waals surface area contributed by atoms with Gasteiger partial charge in [0.1, 0.15) is 5.75 Å². The Morgan fingerprint density at radius 2 is 1.80 bits per heavy atom. The van der Waals surface area contributed by atoms with Crippen molar-refractivity contribution in [2.75, 3.05) is 5.32 Å². The van der Waals surface area contributed by atoms with Gasteiger partial charge in [-0.15, -0.1) is 0 Å². The van der Waals surface area contributed by atoms with E-state index in [2.05, 4.69) is 5.32 Å². The van der Waals surface area contributed by atoms with Crippen LogP contribution < -0.4 is 5.32 Å². The van der Waals surface area contributed by atoms with Crippen LogP contribution in [-0.2, 0) is 6.42 Å². The Labute approximate surface area is 117 Å². The Kier molecular flexibility index (Phi) is 4.56. The number of hydrogen-bond acceptors (Lipinski definition) is 2. The molecule has 0 aromatic heterocycles. The Hall–Kier alpha value is -2.10. The van der Waals surface area contributed by atoms with Crippen LogP contribution in [0.5, 0.6) is 5.75 Å². The van der Waals surface area contributed by atoms with Gasteiger partial charge < -0.3 is 10.4 Å². The molecule has 0 fully saturated rings. The van der Waals surface area contributed by atoms with Crippen molar-refractivity contribution in [1.29, 1.82) is 0 Å². The third-order valence-corrected chi connectivity index (χ3v) is 3.16. The molecule has 0 aliphatic carbocycles. The van der Waals surface area contributed by atoms with Gasteiger partial charge in [0.25, 0.3) is 0 Å². The van der Waals surface area contributed by atoms with E-state index >= 15 is 0 Å². The smallest absolute Gasteiger partial charge is 0.181 e. The zero-order chi connectivity index (χ0) is 14.5. The van der Waals surface area contributed by atoms with Crippen molar-refractivity contribution < 1.29 is 13.9 Å². The third-order valence-electron chi connectivity index (χ3n) is 3.16. The third kappa shape index (κ3) is 3.70. The maximum atomic E-state index is 13.5. The maximum absolute atomic E-state index is 13.5. The fraction of sp³-hybridized carbons (Fsp3) is 0.250. The summed E-state index contributed by atoms with van der Waals surface area (Å²) in [6, 6.07) is 11.1. The van der Waals surface area contributed by atoms with E-state index in [1.165, 1.54) is 12.1 Å². The summed E-state index contributed by atoms with van der Waals surface area (Å²) in [5.74, 6) is -1.45. The fourth-order valence-corrected chi connectivity index (χ4v) is 2.00. The van der Waals surface area contributed by atoms with Gasteiger partial charge in [0, 0.05) is 6.04 Å². The predicted octanol–water partition coefficient (Wildman–Crippen LogP) is 4.10. The number of rotatable bonds is 5. The van der Waals surface area contributed by atoms with Gasteiger partial charge in [-0.25, -0.2) is 8.78 Å². The van der Waals surface area contributed by atoms with E-state index in [1.54, 1.807) is 12.1 Å². The van der Waals surface area contributed by atoms with Gasteiger partial charge in [-0.3, -0.25) is 0 Å². The second-order valence-corrected chi connectivity index (χ2v) is 4.85. The van der Waals surface area contributed by atoms with Crippen molar-refractivity contribution in [1.82, 2.24) is 0 Å². The first-order valence-electron chi connectivity index (χ1n) is 6.54. The average Bonchev–Trinajstić information content (AvgIpc) is 2.43. The summed E-state index contributed by atoms with van der Waals surface area (Å²) in [5.41, 5.74) is 1.28. The number of aryl methyl sites for hydroxylation is 1. The molecule has 2 aromatic rings. The summed E-state index contributed by atoms with van der Waals surface area (Å²) in [6.45, 7) is 1.92. The van der Waals surface area contributed by atoms with Crippen molar-refractivity contribution in [2.24, 2.45) is 0 Å². The lowest BCUT2D eigenvalue weighted by Gasteiger charge is -2.16. The summed E-state index contributed by atoms with van der Waals surface area (Å²) in [6.07, 6.45) is 1.58. The van der Waals surface area contributed by atoms with Crippen molar-refractivity contribution >= 4 is 5.69 Å². The lowest BCUT2D eigenvalue weighted by Crippen LogP contribution is -2.17. The second kappa shape index (κ2) is 6.37. The lowest BCUT2D eigenvalue weighted by atomic mass is 10.1. The molecule has 0 saturated heterocycles. The van der Waals surface area contributed by atoms with Gasteiger partial charge in [-0.05, 0) is 49.6 Å². The Morgan fingerprint density at radius 1 is 1.10 bits per heavy atom. The quantitative estimate of drug-likeness (QED) is 0.862. The molecule has 0 aliphatic rings. The minimum absolute atomic E-state index is 0.0140. The molecular weight excluding hydrogens is 260 g/mol. The Bertz CT molecular complexity index is 569. The number of benzene rings is 2. The van der Waals surface area contributed by atoms with Gasteiger partial charge in [0.2, 0.25) is 0 Å². The molecular formula is C16H17F2NO. The van der Waals surface area contributed by atoms with Crippen molar-refractivity contribution in [2.45, 2.75) is 25.8 Å². The van der Waals surface area contributed by atoms with E-state index in [4.69, 9.17) is 0 Å². The van der Waals surface area contributed by atoms with Gasteiger partial charge in [0.15, 0.2) is 11.6 Å². The molecule has 106 valence electrons. The highest BCUT2D eigenvalue weighted by atomic mass is 19.2. The summed E-state index contributed by atoms with van der Waals surface area (Å²) in [7, 11) is 0. The SMILES string of the molecule is CC(CCc1ccc(O)cc1)Nc1cccc(F)c1F. The number of phenols is 1. The summed E-state index contributed by atoms with van der Waals surface area (Å²) in [5, 5.41) is 12.2. The monoisotopic (exact) mass is 277 g/mol. The van der Waals surface area contributed by atoms with Gasteiger partial charge in [-0.1, -0.05) is 18.2 Å². The van der Waals surface area contributed by atoms with Crippen LogP contribution in [0, 0.1) is 11.6 Å². The number of aromatic hydroxyl groups is 1. The fourth-order valence-electron chi connectivity index (χ4n) is 2.00. The number of phenolic OH excluding ortho intramolecular Hbond substituents is 1. The molecule has 2 aromatic carbocycles. The number of anilines is 1. The molecule has 2 nitrogen and oxygen atoms in total. The topological polar surface area (TPSA) is 32.3 Å². The molecule has 0 amide bonds. The molecule has 0 radical (unpaired) electrons. The number of nitrogens with one attached hydrogen (secondary N) is 1. The van der Waals surface area contributed by atoms with E-state index in [1.807, 2.05) is 19.1 Å². The van der Waals surface area contributed by atoms with Gasteiger partial charge in [0.05, 0.1) is 5.69 Å². The molecule has 2 rings (SSSR count). The number of hydrogen-bond donors (Lipinski definition) is 2. The largest absolute Gasteiger partial charge is 0.508 e. The van der Waals surface area contributed by atoms with Crippen LogP contribution >= 0.6 is 0 Å². The highest BCUT2D eigenvalue weighted by Gasteiger charge is 2.10. The molecule has 0 bridgehead atoms. The van der Waals surface area contributed by atoms with Crippen molar-refractivity contribution in [3.8, 4) is 5.75 Å². The molecule has 1 atom stereocenters. The molecule has 2 N–H and O–H groups in total. The highest BCUT2D eigenvalue weighted by Crippen LogP contribution is 2.19. The Morgan fingerprint density at radius 3 is 2.50 bits per heavy atom. The van der Waals surface area contributed by atoms with Gasteiger partial charge >= 0.3 is 0 Å². The standard InChI is InChI=1S/C16H17F2NO/c1-11(5-6-12-7-9-13(20)10-8-12)19-15-4-2-3-14(17)16(15)18/h2-4,7-11,19-20H,5-6H2,1H3. The first-order chi connectivity index (χ1) is 9.56. The normalized spacial score (nSPS) is 12.2. The average molecular weight is 277 g/mol. The molecule has 20 heavy (non-hydrogen) atoms. The Balaban J connectivity index is 1.91. The van der Waals surface area contributed by atoms with E-state index in [0.717, 1.165) is 24.5 Å². The zero-order valence-electron chi connectivity index (χ0n) is 11.2. The van der Waals surface area contributed by atoms with Crippen LogP contribution in [0.25, 0.3) is 0 Å². The molecule has 0 heterocycles. The first kappa shape index (κ1) is 14.3. The van der Waals surface area contributed by atoms with Crippen LogP contribution in [-0.4, -0.2) is 11.1 Å². The van der Waals surface area contributed by atoms with E-state index < -0.39 is 11.6 Å². The summed E-state index contributed by atoms with van der Waals surface area (Å²) >= 11 is 0. The van der Waals surface area contributed by atoms with E-state index in [-0.39, 0.29) is 17.5 Å². The van der Waals surface area contributed by atoms with Crippen LogP contribution in [0.2, 0.25) is 0 Å². The highest BCUT2D eigenvalue weighted by molar-refractivity contribution is 5.45.